The fraction of sp³-hybridized carbons (Fsp3) is 0.556. The van der Waals surface area contributed by atoms with Gasteiger partial charge >= 0.3 is 6.01 Å². The number of likely N-dealkylation sites (tertiary alicyclic amines) is 1. The van der Waals surface area contributed by atoms with E-state index in [2.05, 4.69) is 53.4 Å². The van der Waals surface area contributed by atoms with Gasteiger partial charge in [-0.2, -0.15) is 19.6 Å². The maximum atomic E-state index is 12.8. The molecule has 0 spiro atoms. The maximum absolute atomic E-state index is 12.8. The van der Waals surface area contributed by atoms with Crippen molar-refractivity contribution in [1.29, 1.82) is 0 Å². The highest BCUT2D eigenvalue weighted by molar-refractivity contribution is 5.97. The Labute approximate surface area is 213 Å². The summed E-state index contributed by atoms with van der Waals surface area (Å²) in [4.78, 5) is 24.5. The second-order valence-electron chi connectivity index (χ2n) is 9.88. The Balaban J connectivity index is 1.54. The van der Waals surface area contributed by atoms with Gasteiger partial charge in [-0.1, -0.05) is 32.9 Å². The number of anilines is 2. The minimum absolute atomic E-state index is 0.0930. The highest BCUT2D eigenvalue weighted by Gasteiger charge is 2.22. The molecule has 36 heavy (non-hydrogen) atoms. The zero-order valence-electron chi connectivity index (χ0n) is 22.0. The van der Waals surface area contributed by atoms with Crippen LogP contribution in [-0.2, 0) is 0 Å². The fourth-order valence-electron chi connectivity index (χ4n) is 4.42. The second kappa shape index (κ2) is 12.3. The number of piperidine rings is 1. The quantitative estimate of drug-likeness (QED) is 0.283. The number of unbranched alkanes of at least 4 members (excludes halogenated alkanes) is 1. The van der Waals surface area contributed by atoms with Gasteiger partial charge < -0.3 is 20.3 Å². The summed E-state index contributed by atoms with van der Waals surface area (Å²) in [5.74, 6) is 0.926. The highest BCUT2D eigenvalue weighted by atomic mass is 16.5. The van der Waals surface area contributed by atoms with Crippen LogP contribution in [0, 0.1) is 0 Å². The average molecular weight is 494 g/mol. The monoisotopic (exact) mass is 493 g/mol. The molecular formula is C27H39N7O2. The Morgan fingerprint density at radius 3 is 2.75 bits per heavy atom. The molecular weight excluding hydrogens is 454 g/mol. The van der Waals surface area contributed by atoms with Crippen molar-refractivity contribution in [3.63, 3.8) is 0 Å². The van der Waals surface area contributed by atoms with Crippen LogP contribution in [0.5, 0.6) is 6.01 Å². The number of nitrogens with one attached hydrogen (secondary N) is 2. The van der Waals surface area contributed by atoms with Gasteiger partial charge in [-0.15, -0.1) is 0 Å². The van der Waals surface area contributed by atoms with E-state index in [1.807, 2.05) is 30.5 Å². The summed E-state index contributed by atoms with van der Waals surface area (Å²) in [6, 6.07) is 7.93. The molecule has 4 rings (SSSR count). The summed E-state index contributed by atoms with van der Waals surface area (Å²) in [5.41, 5.74) is 3.24. The number of ketones is 1. The SMILES string of the molecule is CCNCCCCC(=O)c1cccc(Nc2nc(OC3CCN(C)CC3)nc3c(C(C)C)cnn23)c1. The zero-order chi connectivity index (χ0) is 25.5. The van der Waals surface area contributed by atoms with Crippen LogP contribution in [0.15, 0.2) is 30.5 Å². The van der Waals surface area contributed by atoms with E-state index in [1.54, 1.807) is 4.52 Å². The fourth-order valence-corrected chi connectivity index (χ4v) is 4.42. The van der Waals surface area contributed by atoms with Crippen LogP contribution in [0.1, 0.15) is 74.7 Å². The van der Waals surface area contributed by atoms with Crippen molar-refractivity contribution in [2.75, 3.05) is 38.5 Å². The molecule has 1 aliphatic rings. The molecule has 3 heterocycles. The zero-order valence-corrected chi connectivity index (χ0v) is 22.0. The Kier molecular flexibility index (Phi) is 8.88. The van der Waals surface area contributed by atoms with E-state index in [4.69, 9.17) is 9.72 Å². The summed E-state index contributed by atoms with van der Waals surface area (Å²) in [7, 11) is 2.13. The third-order valence-electron chi connectivity index (χ3n) is 6.63. The molecule has 194 valence electrons. The number of nitrogens with zero attached hydrogens (tertiary/aromatic N) is 5. The predicted octanol–water partition coefficient (Wildman–Crippen LogP) is 4.43. The molecule has 2 N–H and O–H groups in total. The number of carbonyl (C=O) groups excluding carboxylic acids is 1. The molecule has 0 atom stereocenters. The van der Waals surface area contributed by atoms with Crippen molar-refractivity contribution in [3.8, 4) is 6.01 Å². The topological polar surface area (TPSA) is 96.7 Å². The number of fused-ring (bicyclic) bond motifs is 1. The van der Waals surface area contributed by atoms with Crippen molar-refractivity contribution < 1.29 is 9.53 Å². The first-order valence-corrected chi connectivity index (χ1v) is 13.2. The van der Waals surface area contributed by atoms with Gasteiger partial charge in [0.2, 0.25) is 5.95 Å². The lowest BCUT2D eigenvalue weighted by Crippen LogP contribution is -2.36. The summed E-state index contributed by atoms with van der Waals surface area (Å²) in [5, 5.41) is 11.2. The normalized spacial score (nSPS) is 15.0. The van der Waals surface area contributed by atoms with Crippen molar-refractivity contribution in [2.24, 2.45) is 0 Å². The molecule has 0 saturated carbocycles. The highest BCUT2D eigenvalue weighted by Crippen LogP contribution is 2.26. The van der Waals surface area contributed by atoms with Gasteiger partial charge in [0.1, 0.15) is 6.10 Å². The molecule has 2 aromatic heterocycles. The molecule has 0 aliphatic carbocycles. The molecule has 1 aromatic carbocycles. The summed E-state index contributed by atoms with van der Waals surface area (Å²) < 4.78 is 7.95. The number of aromatic nitrogens is 4. The number of rotatable bonds is 12. The van der Waals surface area contributed by atoms with Crippen LogP contribution in [0.25, 0.3) is 5.65 Å². The average Bonchev–Trinajstić information content (AvgIpc) is 3.30. The molecule has 9 nitrogen and oxygen atoms in total. The minimum atomic E-state index is 0.0930. The van der Waals surface area contributed by atoms with Gasteiger partial charge in [0.25, 0.3) is 0 Å². The summed E-state index contributed by atoms with van der Waals surface area (Å²) >= 11 is 0. The van der Waals surface area contributed by atoms with E-state index in [1.165, 1.54) is 0 Å². The number of hydrogen-bond acceptors (Lipinski definition) is 8. The lowest BCUT2D eigenvalue weighted by molar-refractivity contribution is 0.0979. The Hall–Kier alpha value is -3.04. The number of ether oxygens (including phenoxy) is 1. The van der Waals surface area contributed by atoms with Crippen LogP contribution in [-0.4, -0.2) is 69.6 Å². The van der Waals surface area contributed by atoms with Crippen LogP contribution in [0.3, 0.4) is 0 Å². The number of benzene rings is 1. The summed E-state index contributed by atoms with van der Waals surface area (Å²) in [6.45, 7) is 10.2. The van der Waals surface area contributed by atoms with Gasteiger partial charge in [0.15, 0.2) is 11.4 Å². The smallest absolute Gasteiger partial charge is 0.322 e. The van der Waals surface area contributed by atoms with Crippen molar-refractivity contribution >= 4 is 23.1 Å². The van der Waals surface area contributed by atoms with Crippen molar-refractivity contribution in [1.82, 2.24) is 29.8 Å². The van der Waals surface area contributed by atoms with Crippen molar-refractivity contribution in [3.05, 3.63) is 41.6 Å². The molecule has 3 aromatic rings. The molecule has 0 amide bonds. The molecule has 0 unspecified atom stereocenters. The first-order valence-electron chi connectivity index (χ1n) is 13.2. The molecule has 9 heteroatoms. The second-order valence-corrected chi connectivity index (χ2v) is 9.88. The van der Waals surface area contributed by atoms with E-state index in [0.29, 0.717) is 23.9 Å². The Morgan fingerprint density at radius 1 is 1.19 bits per heavy atom. The van der Waals surface area contributed by atoms with Gasteiger partial charge in [-0.05, 0) is 63.9 Å². The van der Waals surface area contributed by atoms with E-state index in [-0.39, 0.29) is 17.8 Å². The van der Waals surface area contributed by atoms with Crippen molar-refractivity contribution in [2.45, 2.75) is 64.9 Å². The Bertz CT molecular complexity index is 1150. The van der Waals surface area contributed by atoms with Gasteiger partial charge in [0.05, 0.1) is 6.20 Å². The number of hydrogen-bond donors (Lipinski definition) is 2. The molecule has 1 fully saturated rings. The maximum Gasteiger partial charge on any atom is 0.322 e. The van der Waals surface area contributed by atoms with Gasteiger partial charge in [-0.25, -0.2) is 0 Å². The molecule has 0 bridgehead atoms. The van der Waals surface area contributed by atoms with E-state index in [0.717, 1.165) is 68.8 Å². The minimum Gasteiger partial charge on any atom is -0.460 e. The largest absolute Gasteiger partial charge is 0.460 e. The van der Waals surface area contributed by atoms with E-state index < -0.39 is 0 Å². The first-order chi connectivity index (χ1) is 17.4. The first kappa shape index (κ1) is 26.0. The standard InChI is InChI=1S/C27H39N7O2/c1-5-28-14-7-6-11-24(35)20-9-8-10-21(17-20)30-26-32-27(36-22-12-15-33(4)16-13-22)31-25-23(19(2)3)18-29-34(25)26/h8-10,17-19,22,28H,5-7,11-16H2,1-4H3,(H,30,31,32). The predicted molar refractivity (Wildman–Crippen MR) is 142 cm³/mol. The van der Waals surface area contributed by atoms with Crippen LogP contribution in [0.4, 0.5) is 11.6 Å². The van der Waals surface area contributed by atoms with E-state index >= 15 is 0 Å². The van der Waals surface area contributed by atoms with Crippen LogP contribution >= 0.6 is 0 Å². The van der Waals surface area contributed by atoms with Crippen LogP contribution < -0.4 is 15.4 Å². The van der Waals surface area contributed by atoms with E-state index in [9.17, 15) is 4.79 Å². The van der Waals surface area contributed by atoms with Gasteiger partial charge in [-0.3, -0.25) is 4.79 Å². The number of carbonyl (C=O) groups is 1. The molecule has 1 saturated heterocycles. The summed E-state index contributed by atoms with van der Waals surface area (Å²) in [6.07, 6.45) is 6.23. The lowest BCUT2D eigenvalue weighted by atomic mass is 10.0. The number of Topliss-reactive ketones (excluding diaryl/α,β-unsaturated/α-hetero) is 1. The molecule has 1 aliphatic heterocycles. The third kappa shape index (κ3) is 6.59. The lowest BCUT2D eigenvalue weighted by Gasteiger charge is -2.28. The Morgan fingerprint density at radius 2 is 2.00 bits per heavy atom. The molecule has 0 radical (unpaired) electrons. The van der Waals surface area contributed by atoms with Crippen LogP contribution in [0.2, 0.25) is 0 Å². The third-order valence-corrected chi connectivity index (χ3v) is 6.63. The van der Waals surface area contributed by atoms with Gasteiger partial charge in [0, 0.05) is 36.3 Å².